The standard InChI is InChI=1S/C19H14ClN5O3S/c1-9-15(29-19(21-9)22-11-7-5-10(20)6-8-11)18(28)23-13-4-2-3-12-14(13)17(27)25-24-16(12)26/h2-8H,1H3,(H,21,22)(H,23,28)(H,24,26)(H,25,27). The summed E-state index contributed by atoms with van der Waals surface area (Å²) < 4.78 is 0. The lowest BCUT2D eigenvalue weighted by molar-refractivity contribution is 0.103. The first-order valence-corrected chi connectivity index (χ1v) is 9.67. The number of hydrogen-bond acceptors (Lipinski definition) is 6. The Hall–Kier alpha value is -3.43. The number of carbonyl (C=O) groups is 1. The fourth-order valence-electron chi connectivity index (χ4n) is 2.83. The zero-order valence-electron chi connectivity index (χ0n) is 15.0. The van der Waals surface area contributed by atoms with Crippen LogP contribution in [0.1, 0.15) is 15.4 Å². The number of nitrogens with zero attached hydrogens (tertiary/aromatic N) is 1. The van der Waals surface area contributed by atoms with Crippen LogP contribution in [0.2, 0.25) is 5.02 Å². The Morgan fingerprint density at radius 3 is 2.55 bits per heavy atom. The van der Waals surface area contributed by atoms with E-state index in [2.05, 4.69) is 25.8 Å². The Morgan fingerprint density at radius 1 is 1.07 bits per heavy atom. The van der Waals surface area contributed by atoms with Crippen molar-refractivity contribution in [2.45, 2.75) is 6.92 Å². The third-order valence-corrected chi connectivity index (χ3v) is 5.50. The molecule has 2 aromatic carbocycles. The summed E-state index contributed by atoms with van der Waals surface area (Å²) in [5.74, 6) is -0.420. The normalized spacial score (nSPS) is 10.8. The van der Waals surface area contributed by atoms with E-state index in [1.807, 2.05) is 0 Å². The number of anilines is 3. The maximum atomic E-state index is 12.8. The molecular weight excluding hydrogens is 414 g/mol. The summed E-state index contributed by atoms with van der Waals surface area (Å²) in [6.07, 6.45) is 0. The van der Waals surface area contributed by atoms with Crippen molar-refractivity contribution in [3.05, 3.63) is 78.8 Å². The van der Waals surface area contributed by atoms with E-state index in [0.717, 1.165) is 5.69 Å². The third-order valence-electron chi connectivity index (χ3n) is 4.17. The average Bonchev–Trinajstić information content (AvgIpc) is 3.07. The van der Waals surface area contributed by atoms with Crippen LogP contribution < -0.4 is 21.8 Å². The highest BCUT2D eigenvalue weighted by molar-refractivity contribution is 7.17. The molecule has 4 aromatic rings. The molecule has 0 radical (unpaired) electrons. The zero-order chi connectivity index (χ0) is 20.5. The smallest absolute Gasteiger partial charge is 0.272 e. The minimum Gasteiger partial charge on any atom is -0.332 e. The van der Waals surface area contributed by atoms with E-state index in [4.69, 9.17) is 11.6 Å². The van der Waals surface area contributed by atoms with Gasteiger partial charge in [-0.2, -0.15) is 0 Å². The van der Waals surface area contributed by atoms with Crippen molar-refractivity contribution in [1.29, 1.82) is 0 Å². The topological polar surface area (TPSA) is 120 Å². The number of aryl methyl sites for hydroxylation is 1. The molecule has 2 aromatic heterocycles. The van der Waals surface area contributed by atoms with E-state index in [1.54, 1.807) is 43.3 Å². The molecule has 0 saturated heterocycles. The molecule has 10 heteroatoms. The van der Waals surface area contributed by atoms with E-state index in [0.29, 0.717) is 20.7 Å². The van der Waals surface area contributed by atoms with Crippen molar-refractivity contribution < 1.29 is 4.79 Å². The van der Waals surface area contributed by atoms with Gasteiger partial charge in [-0.3, -0.25) is 24.6 Å². The van der Waals surface area contributed by atoms with Gasteiger partial charge >= 0.3 is 0 Å². The number of H-pyrrole nitrogens is 2. The summed E-state index contributed by atoms with van der Waals surface area (Å²) in [7, 11) is 0. The highest BCUT2D eigenvalue weighted by Crippen LogP contribution is 2.28. The van der Waals surface area contributed by atoms with Crippen LogP contribution in [0.5, 0.6) is 0 Å². The number of amides is 1. The number of benzene rings is 2. The molecule has 0 bridgehead atoms. The summed E-state index contributed by atoms with van der Waals surface area (Å²) in [6, 6.07) is 11.8. The summed E-state index contributed by atoms with van der Waals surface area (Å²) in [6.45, 7) is 1.72. The molecule has 0 aliphatic heterocycles. The zero-order valence-corrected chi connectivity index (χ0v) is 16.6. The number of rotatable bonds is 4. The molecule has 2 heterocycles. The van der Waals surface area contributed by atoms with Crippen LogP contribution >= 0.6 is 22.9 Å². The molecule has 4 rings (SSSR count). The molecule has 146 valence electrons. The van der Waals surface area contributed by atoms with Gasteiger partial charge < -0.3 is 10.6 Å². The molecule has 29 heavy (non-hydrogen) atoms. The van der Waals surface area contributed by atoms with Crippen LogP contribution in [0, 0.1) is 6.92 Å². The molecular formula is C19H14ClN5O3S. The summed E-state index contributed by atoms with van der Waals surface area (Å²) in [5.41, 5.74) is 0.631. The van der Waals surface area contributed by atoms with Crippen LogP contribution in [0.25, 0.3) is 10.8 Å². The SMILES string of the molecule is Cc1nc(Nc2ccc(Cl)cc2)sc1C(=O)Nc1cccc2c(=O)[nH][nH]c(=O)c12. The van der Waals surface area contributed by atoms with Gasteiger partial charge in [0.1, 0.15) is 4.88 Å². The van der Waals surface area contributed by atoms with Gasteiger partial charge in [-0.1, -0.05) is 29.0 Å². The Morgan fingerprint density at radius 2 is 1.79 bits per heavy atom. The monoisotopic (exact) mass is 427 g/mol. The van der Waals surface area contributed by atoms with Crippen molar-refractivity contribution >= 4 is 56.1 Å². The summed E-state index contributed by atoms with van der Waals surface area (Å²) >= 11 is 7.06. The van der Waals surface area contributed by atoms with Gasteiger partial charge in [0.05, 0.1) is 22.2 Å². The first kappa shape index (κ1) is 18.9. The molecule has 0 fully saturated rings. The third kappa shape index (κ3) is 3.78. The lowest BCUT2D eigenvalue weighted by Gasteiger charge is -2.07. The van der Waals surface area contributed by atoms with Gasteiger partial charge in [0, 0.05) is 10.7 Å². The van der Waals surface area contributed by atoms with Crippen molar-refractivity contribution in [3.8, 4) is 0 Å². The molecule has 0 spiro atoms. The van der Waals surface area contributed by atoms with Crippen LogP contribution in [0.4, 0.5) is 16.5 Å². The Kier molecular flexibility index (Phi) is 4.91. The highest BCUT2D eigenvalue weighted by Gasteiger charge is 2.18. The molecule has 0 aliphatic carbocycles. The Balaban J connectivity index is 1.63. The first-order valence-electron chi connectivity index (χ1n) is 8.47. The number of hydrogen-bond donors (Lipinski definition) is 4. The summed E-state index contributed by atoms with van der Waals surface area (Å²) in [4.78, 5) is 41.7. The van der Waals surface area contributed by atoms with Gasteiger partial charge in [0.25, 0.3) is 17.0 Å². The second-order valence-electron chi connectivity index (χ2n) is 6.16. The lowest BCUT2D eigenvalue weighted by atomic mass is 10.1. The van der Waals surface area contributed by atoms with Crippen LogP contribution in [-0.4, -0.2) is 21.1 Å². The number of carbonyl (C=O) groups excluding carboxylic acids is 1. The van der Waals surface area contributed by atoms with E-state index >= 15 is 0 Å². The lowest BCUT2D eigenvalue weighted by Crippen LogP contribution is -2.21. The average molecular weight is 428 g/mol. The van der Waals surface area contributed by atoms with E-state index < -0.39 is 17.0 Å². The van der Waals surface area contributed by atoms with Gasteiger partial charge in [0.15, 0.2) is 5.13 Å². The van der Waals surface area contributed by atoms with Crippen LogP contribution in [0.15, 0.2) is 52.1 Å². The van der Waals surface area contributed by atoms with Crippen LogP contribution in [-0.2, 0) is 0 Å². The predicted octanol–water partition coefficient (Wildman–Crippen LogP) is 3.63. The minimum absolute atomic E-state index is 0.117. The number of thiazole rings is 1. The maximum Gasteiger partial charge on any atom is 0.272 e. The molecule has 0 unspecified atom stereocenters. The fraction of sp³-hybridized carbons (Fsp3) is 0.0526. The molecule has 0 aliphatic rings. The van der Waals surface area contributed by atoms with Crippen molar-refractivity contribution in [3.63, 3.8) is 0 Å². The maximum absolute atomic E-state index is 12.8. The van der Waals surface area contributed by atoms with Gasteiger partial charge in [-0.15, -0.1) is 0 Å². The molecule has 0 atom stereocenters. The quantitative estimate of drug-likeness (QED) is 0.396. The summed E-state index contributed by atoms with van der Waals surface area (Å²) in [5, 5.41) is 11.8. The predicted molar refractivity (Wildman–Crippen MR) is 115 cm³/mol. The minimum atomic E-state index is -0.498. The largest absolute Gasteiger partial charge is 0.332 e. The number of nitrogens with one attached hydrogen (secondary N) is 4. The van der Waals surface area contributed by atoms with Crippen molar-refractivity contribution in [2.75, 3.05) is 10.6 Å². The molecule has 4 N–H and O–H groups in total. The number of halogens is 1. The number of aromatic amines is 2. The van der Waals surface area contributed by atoms with E-state index in [9.17, 15) is 14.4 Å². The second kappa shape index (κ2) is 7.53. The molecule has 1 amide bonds. The Bertz CT molecular complexity index is 1340. The van der Waals surface area contributed by atoms with Crippen LogP contribution in [0.3, 0.4) is 0 Å². The van der Waals surface area contributed by atoms with Crippen molar-refractivity contribution in [1.82, 2.24) is 15.2 Å². The van der Waals surface area contributed by atoms with E-state index in [1.165, 1.54) is 17.4 Å². The highest BCUT2D eigenvalue weighted by atomic mass is 35.5. The number of fused-ring (bicyclic) bond motifs is 1. The first-order chi connectivity index (χ1) is 13.9. The van der Waals surface area contributed by atoms with Gasteiger partial charge in [-0.05, 0) is 43.3 Å². The van der Waals surface area contributed by atoms with E-state index in [-0.39, 0.29) is 16.5 Å². The van der Waals surface area contributed by atoms with Crippen molar-refractivity contribution in [2.24, 2.45) is 0 Å². The second-order valence-corrected chi connectivity index (χ2v) is 7.59. The number of aromatic nitrogens is 3. The van der Waals surface area contributed by atoms with Gasteiger partial charge in [-0.25, -0.2) is 4.98 Å². The molecule has 8 nitrogen and oxygen atoms in total. The van der Waals surface area contributed by atoms with Gasteiger partial charge in [0.2, 0.25) is 0 Å². The Labute approximate surface area is 172 Å². The fourth-order valence-corrected chi connectivity index (χ4v) is 3.84. The molecule has 0 saturated carbocycles.